The fraction of sp³-hybridized carbons (Fsp3) is 0.357. The van der Waals surface area contributed by atoms with Crippen LogP contribution in [0.4, 0.5) is 5.69 Å². The Bertz CT molecular complexity index is 445. The molecule has 17 heavy (non-hydrogen) atoms. The first-order chi connectivity index (χ1) is 8.13. The molecule has 3 nitrogen and oxygen atoms in total. The Morgan fingerprint density at radius 2 is 2.12 bits per heavy atom. The molecule has 0 radical (unpaired) electrons. The van der Waals surface area contributed by atoms with Gasteiger partial charge in [-0.25, -0.2) is 0 Å². The van der Waals surface area contributed by atoms with Crippen LogP contribution in [0.15, 0.2) is 23.3 Å². The highest BCUT2D eigenvalue weighted by Gasteiger charge is 2.07. The van der Waals surface area contributed by atoms with Crippen LogP contribution >= 0.6 is 0 Å². The standard InChI is InChI=1S/C14H21N3/c1-4-5-11-7-13(10(2)6-14(11)16)12(8-15)9-17-3/h6-9H,4-5,15-16H2,1-3H3/b12-8+,17-9?. The van der Waals surface area contributed by atoms with Crippen molar-refractivity contribution in [3.8, 4) is 0 Å². The van der Waals surface area contributed by atoms with Gasteiger partial charge in [-0.15, -0.1) is 0 Å². The topological polar surface area (TPSA) is 64.4 Å². The van der Waals surface area contributed by atoms with E-state index < -0.39 is 0 Å². The van der Waals surface area contributed by atoms with Crippen molar-refractivity contribution in [2.75, 3.05) is 12.8 Å². The highest BCUT2D eigenvalue weighted by molar-refractivity contribution is 6.10. The van der Waals surface area contributed by atoms with E-state index in [0.29, 0.717) is 0 Å². The first-order valence-electron chi connectivity index (χ1n) is 5.87. The number of aliphatic imine (C=N–C) groups is 1. The van der Waals surface area contributed by atoms with Gasteiger partial charge in [0.15, 0.2) is 0 Å². The third kappa shape index (κ3) is 3.09. The van der Waals surface area contributed by atoms with Crippen molar-refractivity contribution in [1.82, 2.24) is 0 Å². The van der Waals surface area contributed by atoms with Gasteiger partial charge < -0.3 is 11.5 Å². The van der Waals surface area contributed by atoms with Crippen molar-refractivity contribution in [3.63, 3.8) is 0 Å². The molecule has 4 N–H and O–H groups in total. The zero-order valence-corrected chi connectivity index (χ0v) is 10.8. The van der Waals surface area contributed by atoms with Gasteiger partial charge in [0, 0.05) is 30.7 Å². The van der Waals surface area contributed by atoms with Gasteiger partial charge in [-0.2, -0.15) is 0 Å². The number of hydrogen-bond donors (Lipinski definition) is 2. The van der Waals surface area contributed by atoms with E-state index >= 15 is 0 Å². The Morgan fingerprint density at radius 1 is 1.41 bits per heavy atom. The first kappa shape index (κ1) is 13.3. The molecular weight excluding hydrogens is 210 g/mol. The predicted molar refractivity (Wildman–Crippen MR) is 76.2 cm³/mol. The highest BCUT2D eigenvalue weighted by Crippen LogP contribution is 2.24. The molecule has 1 aromatic carbocycles. The van der Waals surface area contributed by atoms with Gasteiger partial charge in [0.2, 0.25) is 0 Å². The molecule has 0 saturated carbocycles. The van der Waals surface area contributed by atoms with Crippen LogP contribution in [0, 0.1) is 6.92 Å². The van der Waals surface area contributed by atoms with E-state index in [0.717, 1.165) is 35.2 Å². The second-order valence-electron chi connectivity index (χ2n) is 4.13. The summed E-state index contributed by atoms with van der Waals surface area (Å²) in [7, 11) is 1.74. The molecule has 1 rings (SSSR count). The molecule has 0 atom stereocenters. The molecule has 0 spiro atoms. The Balaban J connectivity index is 3.28. The smallest absolute Gasteiger partial charge is 0.0349 e. The summed E-state index contributed by atoms with van der Waals surface area (Å²) in [5.41, 5.74) is 16.8. The fourth-order valence-corrected chi connectivity index (χ4v) is 1.91. The predicted octanol–water partition coefficient (Wildman–Crippen LogP) is 2.53. The van der Waals surface area contributed by atoms with E-state index in [1.807, 2.05) is 13.0 Å². The summed E-state index contributed by atoms with van der Waals surface area (Å²) >= 11 is 0. The molecule has 3 heteroatoms. The first-order valence-corrected chi connectivity index (χ1v) is 5.87. The minimum atomic E-state index is 0.859. The largest absolute Gasteiger partial charge is 0.404 e. The van der Waals surface area contributed by atoms with E-state index in [1.165, 1.54) is 5.56 Å². The number of rotatable bonds is 4. The van der Waals surface area contributed by atoms with E-state index in [-0.39, 0.29) is 0 Å². The van der Waals surface area contributed by atoms with Crippen LogP contribution < -0.4 is 11.5 Å². The van der Waals surface area contributed by atoms with Crippen LogP contribution in [0.2, 0.25) is 0 Å². The number of nitrogens with two attached hydrogens (primary N) is 2. The molecule has 0 amide bonds. The Morgan fingerprint density at radius 3 is 2.65 bits per heavy atom. The van der Waals surface area contributed by atoms with Crippen molar-refractivity contribution in [2.24, 2.45) is 10.7 Å². The third-order valence-corrected chi connectivity index (χ3v) is 2.76. The van der Waals surface area contributed by atoms with E-state index in [1.54, 1.807) is 19.5 Å². The van der Waals surface area contributed by atoms with Crippen LogP contribution in [0.1, 0.15) is 30.0 Å². The summed E-state index contributed by atoms with van der Waals surface area (Å²) in [6.45, 7) is 4.18. The molecule has 0 aliphatic rings. The molecular formula is C14H21N3. The maximum absolute atomic E-state index is 6.01. The molecule has 0 saturated heterocycles. The van der Waals surface area contributed by atoms with Gasteiger partial charge in [0.25, 0.3) is 0 Å². The lowest BCUT2D eigenvalue weighted by atomic mass is 9.96. The summed E-state index contributed by atoms with van der Waals surface area (Å²) in [5.74, 6) is 0. The minimum Gasteiger partial charge on any atom is -0.404 e. The maximum Gasteiger partial charge on any atom is 0.0349 e. The van der Waals surface area contributed by atoms with Gasteiger partial charge in [-0.05, 0) is 42.2 Å². The quantitative estimate of drug-likeness (QED) is 0.617. The molecule has 0 heterocycles. The third-order valence-electron chi connectivity index (χ3n) is 2.76. The van der Waals surface area contributed by atoms with Crippen molar-refractivity contribution >= 4 is 17.5 Å². The second kappa shape index (κ2) is 6.09. The Kier molecular flexibility index (Phi) is 4.76. The van der Waals surface area contributed by atoms with Crippen LogP contribution in [0.25, 0.3) is 5.57 Å². The second-order valence-corrected chi connectivity index (χ2v) is 4.13. The number of hydrogen-bond acceptors (Lipinski definition) is 3. The van der Waals surface area contributed by atoms with Crippen molar-refractivity contribution in [3.05, 3.63) is 35.0 Å². The van der Waals surface area contributed by atoms with Gasteiger partial charge >= 0.3 is 0 Å². The van der Waals surface area contributed by atoms with Crippen molar-refractivity contribution in [1.29, 1.82) is 0 Å². The van der Waals surface area contributed by atoms with E-state index in [4.69, 9.17) is 11.5 Å². The van der Waals surface area contributed by atoms with Crippen LogP contribution in [0.3, 0.4) is 0 Å². The summed E-state index contributed by atoms with van der Waals surface area (Å²) in [6, 6.07) is 4.13. The maximum atomic E-state index is 6.01. The molecule has 0 aliphatic heterocycles. The number of nitrogen functional groups attached to an aromatic ring is 1. The lowest BCUT2D eigenvalue weighted by Gasteiger charge is -2.12. The van der Waals surface area contributed by atoms with Crippen molar-refractivity contribution < 1.29 is 0 Å². The molecule has 0 fully saturated rings. The van der Waals surface area contributed by atoms with Crippen LogP contribution in [0.5, 0.6) is 0 Å². The monoisotopic (exact) mass is 231 g/mol. The average molecular weight is 231 g/mol. The zero-order chi connectivity index (χ0) is 12.8. The molecule has 0 unspecified atom stereocenters. The molecule has 0 aliphatic carbocycles. The number of aryl methyl sites for hydroxylation is 2. The number of allylic oxidation sites excluding steroid dienone is 1. The lowest BCUT2D eigenvalue weighted by Crippen LogP contribution is -2.00. The summed E-state index contributed by atoms with van der Waals surface area (Å²) in [4.78, 5) is 4.02. The average Bonchev–Trinajstić information content (AvgIpc) is 2.30. The lowest BCUT2D eigenvalue weighted by molar-refractivity contribution is 0.923. The highest BCUT2D eigenvalue weighted by atomic mass is 14.6. The molecule has 0 aromatic heterocycles. The van der Waals surface area contributed by atoms with E-state index in [2.05, 4.69) is 18.0 Å². The molecule has 1 aromatic rings. The molecule has 0 bridgehead atoms. The zero-order valence-electron chi connectivity index (χ0n) is 10.8. The van der Waals surface area contributed by atoms with Gasteiger partial charge in [-0.1, -0.05) is 13.3 Å². The molecule has 92 valence electrons. The number of nitrogens with zero attached hydrogens (tertiary/aromatic N) is 1. The number of benzene rings is 1. The minimum absolute atomic E-state index is 0.859. The summed E-state index contributed by atoms with van der Waals surface area (Å²) in [6.07, 6.45) is 5.42. The van der Waals surface area contributed by atoms with Crippen LogP contribution in [-0.4, -0.2) is 13.3 Å². The van der Waals surface area contributed by atoms with Gasteiger partial charge in [0.1, 0.15) is 0 Å². The van der Waals surface area contributed by atoms with Gasteiger partial charge in [-0.3, -0.25) is 4.99 Å². The van der Waals surface area contributed by atoms with E-state index in [9.17, 15) is 0 Å². The van der Waals surface area contributed by atoms with Gasteiger partial charge in [0.05, 0.1) is 0 Å². The normalized spacial score (nSPS) is 12.3. The van der Waals surface area contributed by atoms with Crippen molar-refractivity contribution in [2.45, 2.75) is 26.7 Å². The summed E-state index contributed by atoms with van der Waals surface area (Å²) < 4.78 is 0. The SMILES string of the molecule is CCCc1cc(/C(C=NC)=C/N)c(C)cc1N. The summed E-state index contributed by atoms with van der Waals surface area (Å²) in [5, 5.41) is 0. The Labute approximate surface area is 103 Å². The van der Waals surface area contributed by atoms with Crippen LogP contribution in [-0.2, 0) is 6.42 Å². The Hall–Kier alpha value is -1.77. The fourth-order valence-electron chi connectivity index (χ4n) is 1.91. The number of anilines is 1.